The number of benzene rings is 1. The van der Waals surface area contributed by atoms with E-state index in [1.807, 2.05) is 18.2 Å². The zero-order valence-electron chi connectivity index (χ0n) is 13.5. The highest BCUT2D eigenvalue weighted by Gasteiger charge is 2.32. The Balaban J connectivity index is 1.59. The molecule has 0 aromatic heterocycles. The molecule has 1 N–H and O–H groups in total. The van der Waals surface area contributed by atoms with E-state index < -0.39 is 12.0 Å². The van der Waals surface area contributed by atoms with Crippen LogP contribution < -0.4 is 0 Å². The number of carboxylic acid groups (broad SMARTS) is 1. The van der Waals surface area contributed by atoms with Crippen molar-refractivity contribution in [2.75, 3.05) is 19.8 Å². The molecule has 2 aliphatic rings. The molecule has 0 radical (unpaired) electrons. The number of carbonyl (C=O) groups excluding carboxylic acids is 2. The van der Waals surface area contributed by atoms with Crippen molar-refractivity contribution in [3.8, 4) is 0 Å². The third-order valence-electron chi connectivity index (χ3n) is 4.72. The maximum absolute atomic E-state index is 12.3. The summed E-state index contributed by atoms with van der Waals surface area (Å²) in [4.78, 5) is 37.1. The highest BCUT2D eigenvalue weighted by Crippen LogP contribution is 2.23. The first-order valence-electron chi connectivity index (χ1n) is 8.31. The van der Waals surface area contributed by atoms with Gasteiger partial charge in [0, 0.05) is 24.9 Å². The highest BCUT2D eigenvalue weighted by atomic mass is 16.5. The maximum atomic E-state index is 12.3. The van der Waals surface area contributed by atoms with Gasteiger partial charge in [-0.05, 0) is 36.5 Å². The van der Waals surface area contributed by atoms with Gasteiger partial charge >= 0.3 is 5.97 Å². The molecule has 6 nitrogen and oxygen atoms in total. The van der Waals surface area contributed by atoms with Gasteiger partial charge in [0.25, 0.3) is 0 Å². The van der Waals surface area contributed by atoms with Gasteiger partial charge in [-0.1, -0.05) is 12.1 Å². The number of rotatable bonds is 5. The smallest absolute Gasteiger partial charge is 0.328 e. The van der Waals surface area contributed by atoms with E-state index in [4.69, 9.17) is 9.84 Å². The molecule has 0 saturated carbocycles. The van der Waals surface area contributed by atoms with E-state index >= 15 is 0 Å². The van der Waals surface area contributed by atoms with Crippen LogP contribution in [0, 0.1) is 0 Å². The van der Waals surface area contributed by atoms with Crippen molar-refractivity contribution in [2.24, 2.45) is 0 Å². The molecule has 6 heteroatoms. The lowest BCUT2D eigenvalue weighted by Gasteiger charge is -2.32. The molecule has 0 spiro atoms. The van der Waals surface area contributed by atoms with Gasteiger partial charge in [0.2, 0.25) is 5.91 Å². The Labute approximate surface area is 140 Å². The fraction of sp³-hybridized carbons (Fsp3) is 0.500. The molecule has 1 aliphatic heterocycles. The monoisotopic (exact) mass is 331 g/mol. The lowest BCUT2D eigenvalue weighted by atomic mass is 10.0. The van der Waals surface area contributed by atoms with Crippen molar-refractivity contribution in [2.45, 2.75) is 38.1 Å². The molecule has 3 rings (SSSR count). The molecule has 1 aliphatic carbocycles. The molecule has 1 atom stereocenters. The number of amides is 1. The lowest BCUT2D eigenvalue weighted by Crippen LogP contribution is -2.52. The van der Waals surface area contributed by atoms with Gasteiger partial charge in [-0.3, -0.25) is 9.59 Å². The van der Waals surface area contributed by atoms with Crippen LogP contribution in [0.2, 0.25) is 0 Å². The molecule has 1 fully saturated rings. The normalized spacial score (nSPS) is 19.8. The molecular formula is C18H21NO5. The number of hydrogen-bond acceptors (Lipinski definition) is 4. The number of ether oxygens (including phenoxy) is 1. The van der Waals surface area contributed by atoms with Crippen molar-refractivity contribution in [3.63, 3.8) is 0 Å². The number of ketones is 1. The molecule has 24 heavy (non-hydrogen) atoms. The Kier molecular flexibility index (Phi) is 4.94. The van der Waals surface area contributed by atoms with Crippen LogP contribution in [0.1, 0.15) is 40.7 Å². The van der Waals surface area contributed by atoms with E-state index in [2.05, 4.69) is 0 Å². The fourth-order valence-electron chi connectivity index (χ4n) is 3.36. The van der Waals surface area contributed by atoms with Gasteiger partial charge < -0.3 is 14.7 Å². The maximum Gasteiger partial charge on any atom is 0.328 e. The minimum Gasteiger partial charge on any atom is -0.480 e. The number of nitrogens with zero attached hydrogens (tertiary/aromatic N) is 1. The standard InChI is InChI=1S/C18H21NO5/c20-16(14-5-4-12-2-1-3-13(12)10-14)6-7-17(21)19-8-9-24-11-15(19)18(22)23/h4-5,10,15H,1-3,6-9,11H2,(H,22,23). The van der Waals surface area contributed by atoms with Crippen LogP contribution in [0.25, 0.3) is 0 Å². The number of carbonyl (C=O) groups is 3. The summed E-state index contributed by atoms with van der Waals surface area (Å²) in [6.45, 7) is 0.580. The van der Waals surface area contributed by atoms with Gasteiger partial charge in [0.1, 0.15) is 0 Å². The molecule has 1 aromatic rings. The quantitative estimate of drug-likeness (QED) is 0.826. The SMILES string of the molecule is O=C(CCC(=O)N1CCOCC1C(=O)O)c1ccc2c(c1)CCC2. The molecule has 0 bridgehead atoms. The summed E-state index contributed by atoms with van der Waals surface area (Å²) < 4.78 is 5.12. The van der Waals surface area contributed by atoms with E-state index in [0.717, 1.165) is 19.3 Å². The Morgan fingerprint density at radius 2 is 1.96 bits per heavy atom. The summed E-state index contributed by atoms with van der Waals surface area (Å²) in [5, 5.41) is 9.16. The molecule has 1 saturated heterocycles. The minimum absolute atomic E-state index is 0.000157. The first kappa shape index (κ1) is 16.6. The Morgan fingerprint density at radius 3 is 2.75 bits per heavy atom. The van der Waals surface area contributed by atoms with Crippen LogP contribution in [0.4, 0.5) is 0 Å². The first-order chi connectivity index (χ1) is 11.6. The summed E-state index contributed by atoms with van der Waals surface area (Å²) in [5.41, 5.74) is 3.17. The van der Waals surface area contributed by atoms with Crippen molar-refractivity contribution in [1.82, 2.24) is 4.90 Å². The number of Topliss-reactive ketones (excluding diaryl/α,β-unsaturated/α-hetero) is 1. The number of aryl methyl sites for hydroxylation is 2. The van der Waals surface area contributed by atoms with Gasteiger partial charge in [-0.25, -0.2) is 4.79 Å². The third-order valence-corrected chi connectivity index (χ3v) is 4.72. The largest absolute Gasteiger partial charge is 0.480 e. The number of aliphatic carboxylic acids is 1. The summed E-state index contributed by atoms with van der Waals surface area (Å²) in [6, 6.07) is 4.80. The van der Waals surface area contributed by atoms with Crippen LogP contribution in [0.15, 0.2) is 18.2 Å². The Hall–Kier alpha value is -2.21. The second-order valence-electron chi connectivity index (χ2n) is 6.28. The number of hydrogen-bond donors (Lipinski definition) is 1. The van der Waals surface area contributed by atoms with Crippen LogP contribution in [0.5, 0.6) is 0 Å². The summed E-state index contributed by atoms with van der Waals surface area (Å²) in [5.74, 6) is -1.45. The molecule has 1 aromatic carbocycles. The molecule has 1 heterocycles. The molecule has 128 valence electrons. The van der Waals surface area contributed by atoms with Gasteiger partial charge in [-0.15, -0.1) is 0 Å². The zero-order chi connectivity index (χ0) is 17.1. The average molecular weight is 331 g/mol. The van der Waals surface area contributed by atoms with Gasteiger partial charge in [-0.2, -0.15) is 0 Å². The van der Waals surface area contributed by atoms with Crippen LogP contribution in [-0.2, 0) is 27.2 Å². The van der Waals surface area contributed by atoms with E-state index in [-0.39, 0.29) is 37.7 Å². The molecule has 1 unspecified atom stereocenters. The molecular weight excluding hydrogens is 310 g/mol. The van der Waals surface area contributed by atoms with Crippen molar-refractivity contribution in [1.29, 1.82) is 0 Å². The minimum atomic E-state index is -1.08. The predicted molar refractivity (Wildman–Crippen MR) is 86.0 cm³/mol. The van der Waals surface area contributed by atoms with Crippen LogP contribution in [-0.4, -0.2) is 53.5 Å². The number of carboxylic acids is 1. The van der Waals surface area contributed by atoms with Crippen LogP contribution in [0.3, 0.4) is 0 Å². The number of fused-ring (bicyclic) bond motifs is 1. The van der Waals surface area contributed by atoms with Crippen molar-refractivity contribution >= 4 is 17.7 Å². The summed E-state index contributed by atoms with van der Waals surface area (Å²) >= 11 is 0. The second-order valence-corrected chi connectivity index (χ2v) is 6.28. The van der Waals surface area contributed by atoms with E-state index in [1.54, 1.807) is 0 Å². The van der Waals surface area contributed by atoms with Crippen molar-refractivity contribution in [3.05, 3.63) is 34.9 Å². The highest BCUT2D eigenvalue weighted by molar-refractivity contribution is 5.98. The first-order valence-corrected chi connectivity index (χ1v) is 8.31. The number of morpholine rings is 1. The topological polar surface area (TPSA) is 83.9 Å². The van der Waals surface area contributed by atoms with E-state index in [9.17, 15) is 14.4 Å². The average Bonchev–Trinajstić information content (AvgIpc) is 3.06. The Bertz CT molecular complexity index is 669. The summed E-state index contributed by atoms with van der Waals surface area (Å²) in [7, 11) is 0. The van der Waals surface area contributed by atoms with E-state index in [1.165, 1.54) is 16.0 Å². The third kappa shape index (κ3) is 3.48. The second kappa shape index (κ2) is 7.13. The fourth-order valence-corrected chi connectivity index (χ4v) is 3.36. The predicted octanol–water partition coefficient (Wildman–Crippen LogP) is 1.45. The van der Waals surface area contributed by atoms with Crippen LogP contribution >= 0.6 is 0 Å². The Morgan fingerprint density at radius 1 is 1.17 bits per heavy atom. The van der Waals surface area contributed by atoms with Gasteiger partial charge in [0.15, 0.2) is 11.8 Å². The zero-order valence-corrected chi connectivity index (χ0v) is 13.5. The van der Waals surface area contributed by atoms with Gasteiger partial charge in [0.05, 0.1) is 13.2 Å². The molecule has 1 amide bonds. The van der Waals surface area contributed by atoms with Crippen molar-refractivity contribution < 1.29 is 24.2 Å². The summed E-state index contributed by atoms with van der Waals surface area (Å²) in [6.07, 6.45) is 3.32. The lowest BCUT2D eigenvalue weighted by molar-refractivity contribution is -0.158. The van der Waals surface area contributed by atoms with E-state index in [0.29, 0.717) is 12.2 Å².